The summed E-state index contributed by atoms with van der Waals surface area (Å²) < 4.78 is 43.5. The van der Waals surface area contributed by atoms with Gasteiger partial charge in [0.2, 0.25) is 0 Å². The number of carbonyl (C=O) groups is 2. The summed E-state index contributed by atoms with van der Waals surface area (Å²) in [6.07, 6.45) is -6.12. The molecule has 2 amide bonds. The smallest absolute Gasteiger partial charge is 0.417 e. The third-order valence-electron chi connectivity index (χ3n) is 4.11. The second-order valence-corrected chi connectivity index (χ2v) is 6.10. The molecule has 8 heteroatoms. The summed E-state index contributed by atoms with van der Waals surface area (Å²) in [5, 5.41) is 10.0. The molecule has 1 aromatic carbocycles. The Labute approximate surface area is 154 Å². The van der Waals surface area contributed by atoms with Crippen molar-refractivity contribution in [2.45, 2.75) is 37.6 Å². The molecular formula is C19H20F3NO4. The molecule has 1 aliphatic heterocycles. The fourth-order valence-electron chi connectivity index (χ4n) is 2.75. The van der Waals surface area contributed by atoms with Gasteiger partial charge in [-0.2, -0.15) is 13.2 Å². The first-order valence-corrected chi connectivity index (χ1v) is 8.33. The van der Waals surface area contributed by atoms with Crippen LogP contribution in [-0.2, 0) is 16.0 Å². The highest BCUT2D eigenvalue weighted by Crippen LogP contribution is 2.29. The number of aliphatic hydroxyl groups excluding tert-OH is 1. The fourth-order valence-corrected chi connectivity index (χ4v) is 2.75. The molecule has 146 valence electrons. The van der Waals surface area contributed by atoms with E-state index in [1.807, 2.05) is 18.2 Å². The average molecular weight is 383 g/mol. The van der Waals surface area contributed by atoms with Gasteiger partial charge in [0.1, 0.15) is 12.7 Å². The maximum Gasteiger partial charge on any atom is 0.417 e. The lowest BCUT2D eigenvalue weighted by Gasteiger charge is -2.22. The van der Waals surface area contributed by atoms with E-state index in [9.17, 15) is 27.9 Å². The highest BCUT2D eigenvalue weighted by molar-refractivity contribution is 5.95. The number of imide groups is 1. The van der Waals surface area contributed by atoms with Gasteiger partial charge in [0, 0.05) is 12.0 Å². The summed E-state index contributed by atoms with van der Waals surface area (Å²) in [7, 11) is 0. The van der Waals surface area contributed by atoms with E-state index >= 15 is 0 Å². The molecule has 1 aromatic rings. The Bertz CT molecular complexity index is 715. The lowest BCUT2D eigenvalue weighted by atomic mass is 10.0. The highest BCUT2D eigenvalue weighted by atomic mass is 19.4. The number of rotatable bonds is 7. The summed E-state index contributed by atoms with van der Waals surface area (Å²) in [5.41, 5.74) is -0.0486. The third-order valence-corrected chi connectivity index (χ3v) is 4.11. The molecule has 27 heavy (non-hydrogen) atoms. The van der Waals surface area contributed by atoms with Crippen LogP contribution in [0.15, 0.2) is 54.6 Å². The first-order valence-electron chi connectivity index (χ1n) is 8.33. The van der Waals surface area contributed by atoms with Gasteiger partial charge in [0.05, 0.1) is 6.04 Å². The van der Waals surface area contributed by atoms with E-state index in [1.165, 1.54) is 0 Å². The normalized spacial score (nSPS) is 19.0. The van der Waals surface area contributed by atoms with Crippen LogP contribution < -0.4 is 0 Å². The zero-order valence-corrected chi connectivity index (χ0v) is 14.5. The van der Waals surface area contributed by atoms with Crippen molar-refractivity contribution in [3.05, 3.63) is 60.2 Å². The van der Waals surface area contributed by atoms with Crippen molar-refractivity contribution >= 4 is 12.0 Å². The van der Waals surface area contributed by atoms with Crippen molar-refractivity contribution < 1.29 is 32.6 Å². The maximum atomic E-state index is 12.9. The number of hydrogen-bond acceptors (Lipinski definition) is 4. The van der Waals surface area contributed by atoms with Gasteiger partial charge in [-0.1, -0.05) is 42.5 Å². The van der Waals surface area contributed by atoms with E-state index < -0.39 is 48.7 Å². The molecule has 0 bridgehead atoms. The summed E-state index contributed by atoms with van der Waals surface area (Å²) in [5.74, 6) is -0.977. The summed E-state index contributed by atoms with van der Waals surface area (Å²) >= 11 is 0. The Morgan fingerprint density at radius 2 is 2.04 bits per heavy atom. The standard InChI is InChI=1S/C19H20F3NO4/c1-2-6-14(19(20,21)22)9-10-16(24)17(25)23-15(12-27-18(23)26)11-13-7-4-3-5-8-13/h2-5,7-9,15-16,24H,1,6,10-12H2/b14-9-. The van der Waals surface area contributed by atoms with Crippen LogP contribution in [0.4, 0.5) is 18.0 Å². The van der Waals surface area contributed by atoms with Crippen molar-refractivity contribution in [3.8, 4) is 0 Å². The van der Waals surface area contributed by atoms with Crippen LogP contribution in [0.25, 0.3) is 0 Å². The third kappa shape index (κ3) is 5.43. The van der Waals surface area contributed by atoms with E-state index in [0.29, 0.717) is 6.42 Å². The van der Waals surface area contributed by atoms with Crippen molar-refractivity contribution in [2.75, 3.05) is 6.61 Å². The van der Waals surface area contributed by atoms with Gasteiger partial charge in [-0.3, -0.25) is 4.79 Å². The van der Waals surface area contributed by atoms with Crippen LogP contribution in [0.1, 0.15) is 18.4 Å². The molecule has 0 aromatic heterocycles. The predicted octanol–water partition coefficient (Wildman–Crippen LogP) is 3.39. The first kappa shape index (κ1) is 20.7. The molecule has 1 fully saturated rings. The summed E-state index contributed by atoms with van der Waals surface area (Å²) in [6, 6.07) is 8.43. The van der Waals surface area contributed by atoms with E-state index in [-0.39, 0.29) is 6.61 Å². The quantitative estimate of drug-likeness (QED) is 0.733. The van der Waals surface area contributed by atoms with Gasteiger partial charge in [-0.25, -0.2) is 9.69 Å². The van der Waals surface area contributed by atoms with E-state index in [4.69, 9.17) is 4.74 Å². The second kappa shape index (κ2) is 8.85. The van der Waals surface area contributed by atoms with Gasteiger partial charge in [-0.15, -0.1) is 6.58 Å². The zero-order chi connectivity index (χ0) is 20.0. The topological polar surface area (TPSA) is 66.8 Å². The average Bonchev–Trinajstić information content (AvgIpc) is 2.97. The van der Waals surface area contributed by atoms with Crippen LogP contribution in [0.3, 0.4) is 0 Å². The first-order chi connectivity index (χ1) is 12.7. The Balaban J connectivity index is 2.08. The van der Waals surface area contributed by atoms with Gasteiger partial charge >= 0.3 is 12.3 Å². The lowest BCUT2D eigenvalue weighted by molar-refractivity contribution is -0.138. The summed E-state index contributed by atoms with van der Waals surface area (Å²) in [6.45, 7) is 3.22. The Kier molecular flexibility index (Phi) is 6.79. The molecule has 2 unspecified atom stereocenters. The van der Waals surface area contributed by atoms with Gasteiger partial charge in [0.25, 0.3) is 5.91 Å². The Hall–Kier alpha value is -2.61. The van der Waals surface area contributed by atoms with Crippen LogP contribution in [-0.4, -0.2) is 46.9 Å². The van der Waals surface area contributed by atoms with Gasteiger partial charge in [-0.05, 0) is 18.4 Å². The highest BCUT2D eigenvalue weighted by Gasteiger charge is 2.40. The number of hydrogen-bond donors (Lipinski definition) is 1. The second-order valence-electron chi connectivity index (χ2n) is 6.10. The molecule has 1 N–H and O–H groups in total. The minimum atomic E-state index is -4.58. The SMILES string of the molecule is C=CC/C(=C/CC(O)C(=O)N1C(=O)OCC1Cc1ccccc1)C(F)(F)F. The van der Waals surface area contributed by atoms with Crippen molar-refractivity contribution in [1.82, 2.24) is 4.90 Å². The zero-order valence-electron chi connectivity index (χ0n) is 14.5. The molecule has 0 spiro atoms. The van der Waals surface area contributed by atoms with Crippen molar-refractivity contribution in [2.24, 2.45) is 0 Å². The minimum absolute atomic E-state index is 0.0354. The molecule has 0 saturated carbocycles. The van der Waals surface area contributed by atoms with Crippen LogP contribution in [0.2, 0.25) is 0 Å². The number of allylic oxidation sites excluding steroid dienone is 2. The number of carbonyl (C=O) groups excluding carboxylic acids is 2. The van der Waals surface area contributed by atoms with Crippen LogP contribution >= 0.6 is 0 Å². The molecule has 0 aliphatic carbocycles. The number of amides is 2. The number of nitrogens with zero attached hydrogens (tertiary/aromatic N) is 1. The number of aliphatic hydroxyl groups is 1. The van der Waals surface area contributed by atoms with E-state index in [2.05, 4.69) is 6.58 Å². The van der Waals surface area contributed by atoms with Gasteiger partial charge < -0.3 is 9.84 Å². The molecule has 1 saturated heterocycles. The molecule has 1 heterocycles. The predicted molar refractivity (Wildman–Crippen MR) is 91.7 cm³/mol. The number of benzene rings is 1. The maximum absolute atomic E-state index is 12.9. The fraction of sp³-hybridized carbons (Fsp3) is 0.368. The van der Waals surface area contributed by atoms with Crippen LogP contribution in [0, 0.1) is 0 Å². The molecule has 2 atom stereocenters. The lowest BCUT2D eigenvalue weighted by Crippen LogP contribution is -2.45. The van der Waals surface area contributed by atoms with E-state index in [0.717, 1.165) is 22.6 Å². The molecule has 2 rings (SSSR count). The number of ether oxygens (including phenoxy) is 1. The largest absolute Gasteiger partial charge is 0.447 e. The van der Waals surface area contributed by atoms with Crippen molar-refractivity contribution in [1.29, 1.82) is 0 Å². The van der Waals surface area contributed by atoms with E-state index in [1.54, 1.807) is 12.1 Å². The Morgan fingerprint density at radius 1 is 1.37 bits per heavy atom. The molecular weight excluding hydrogens is 363 g/mol. The van der Waals surface area contributed by atoms with Crippen molar-refractivity contribution in [3.63, 3.8) is 0 Å². The molecule has 0 radical (unpaired) electrons. The van der Waals surface area contributed by atoms with Gasteiger partial charge in [0.15, 0.2) is 0 Å². The number of cyclic esters (lactones) is 1. The molecule has 1 aliphatic rings. The monoisotopic (exact) mass is 383 g/mol. The molecule has 5 nitrogen and oxygen atoms in total. The van der Waals surface area contributed by atoms with Crippen LogP contribution in [0.5, 0.6) is 0 Å². The number of alkyl halides is 3. The number of halogens is 3. The summed E-state index contributed by atoms with van der Waals surface area (Å²) in [4.78, 5) is 25.1. The Morgan fingerprint density at radius 3 is 2.63 bits per heavy atom. The minimum Gasteiger partial charge on any atom is -0.447 e.